The second-order valence-electron chi connectivity index (χ2n) is 4.89. The highest BCUT2D eigenvalue weighted by Crippen LogP contribution is 2.22. The number of aromatic carboxylic acids is 1. The van der Waals surface area contributed by atoms with Gasteiger partial charge in [-0.2, -0.15) is 0 Å². The zero-order valence-electron chi connectivity index (χ0n) is 11.8. The third-order valence-electron chi connectivity index (χ3n) is 3.46. The molecule has 0 aliphatic rings. The van der Waals surface area contributed by atoms with Gasteiger partial charge in [0.1, 0.15) is 5.58 Å². The smallest absolute Gasteiger partial charge is 0.336 e. The Hall–Kier alpha value is -3.08. The lowest BCUT2D eigenvalue weighted by molar-refractivity contribution is 0.0695. The molecule has 5 nitrogen and oxygen atoms in total. The number of rotatable bonds is 3. The van der Waals surface area contributed by atoms with Crippen molar-refractivity contribution >= 4 is 28.5 Å². The van der Waals surface area contributed by atoms with Crippen molar-refractivity contribution in [2.24, 2.45) is 0 Å². The first-order chi connectivity index (χ1) is 10.6. The highest BCUT2D eigenvalue weighted by molar-refractivity contribution is 6.05. The molecule has 0 fully saturated rings. The third kappa shape index (κ3) is 2.44. The molecule has 0 unspecified atom stereocenters. The van der Waals surface area contributed by atoms with Gasteiger partial charge in [0.25, 0.3) is 5.91 Å². The number of carbonyl (C=O) groups excluding carboxylic acids is 1. The second kappa shape index (κ2) is 5.37. The molecule has 110 valence electrons. The lowest BCUT2D eigenvalue weighted by atomic mass is 10.1. The van der Waals surface area contributed by atoms with Crippen molar-refractivity contribution in [3.8, 4) is 0 Å². The Morgan fingerprint density at radius 1 is 1.09 bits per heavy atom. The van der Waals surface area contributed by atoms with Gasteiger partial charge in [0.2, 0.25) is 0 Å². The van der Waals surface area contributed by atoms with Crippen LogP contribution < -0.4 is 5.32 Å². The van der Waals surface area contributed by atoms with Crippen LogP contribution in [0.15, 0.2) is 52.9 Å². The van der Waals surface area contributed by atoms with Gasteiger partial charge in [-0.3, -0.25) is 4.79 Å². The van der Waals surface area contributed by atoms with E-state index >= 15 is 0 Å². The van der Waals surface area contributed by atoms with E-state index in [0.717, 1.165) is 5.39 Å². The van der Waals surface area contributed by atoms with Crippen molar-refractivity contribution in [1.82, 2.24) is 0 Å². The van der Waals surface area contributed by atoms with E-state index in [-0.39, 0.29) is 11.3 Å². The number of carboxylic acids is 1. The van der Waals surface area contributed by atoms with Crippen LogP contribution in [0.2, 0.25) is 0 Å². The molecule has 0 radical (unpaired) electrons. The summed E-state index contributed by atoms with van der Waals surface area (Å²) in [6.45, 7) is 1.65. The Morgan fingerprint density at radius 3 is 2.59 bits per heavy atom. The number of benzene rings is 2. The fourth-order valence-electron chi connectivity index (χ4n) is 2.28. The number of amides is 1. The summed E-state index contributed by atoms with van der Waals surface area (Å²) in [5.41, 5.74) is 1.73. The molecule has 22 heavy (non-hydrogen) atoms. The molecule has 3 rings (SSSR count). The summed E-state index contributed by atoms with van der Waals surface area (Å²) in [6, 6.07) is 13.7. The average molecular weight is 295 g/mol. The van der Waals surface area contributed by atoms with Crippen LogP contribution in [0.3, 0.4) is 0 Å². The molecule has 3 aromatic rings. The van der Waals surface area contributed by atoms with E-state index in [0.29, 0.717) is 16.8 Å². The van der Waals surface area contributed by atoms with Gasteiger partial charge in [0.05, 0.1) is 5.56 Å². The van der Waals surface area contributed by atoms with E-state index in [4.69, 9.17) is 9.52 Å². The third-order valence-corrected chi connectivity index (χ3v) is 3.46. The van der Waals surface area contributed by atoms with Crippen molar-refractivity contribution in [3.63, 3.8) is 0 Å². The maximum atomic E-state index is 12.3. The number of hydrogen-bond acceptors (Lipinski definition) is 3. The lowest BCUT2D eigenvalue weighted by Gasteiger charge is -2.09. The van der Waals surface area contributed by atoms with Gasteiger partial charge in [-0.1, -0.05) is 24.3 Å². The number of para-hydroxylation sites is 1. The molecule has 2 aromatic carbocycles. The van der Waals surface area contributed by atoms with Crippen LogP contribution >= 0.6 is 0 Å². The predicted octanol–water partition coefficient (Wildman–Crippen LogP) is 3.69. The van der Waals surface area contributed by atoms with Crippen LogP contribution in [0.4, 0.5) is 5.69 Å². The van der Waals surface area contributed by atoms with Gasteiger partial charge < -0.3 is 14.8 Å². The first-order valence-electron chi connectivity index (χ1n) is 6.69. The number of carbonyl (C=O) groups is 2. The normalized spacial score (nSPS) is 10.6. The Kier molecular flexibility index (Phi) is 3.39. The Morgan fingerprint density at radius 2 is 1.86 bits per heavy atom. The minimum absolute atomic E-state index is 0.155. The van der Waals surface area contributed by atoms with Crippen LogP contribution in [0.5, 0.6) is 0 Å². The van der Waals surface area contributed by atoms with Gasteiger partial charge in [-0.25, -0.2) is 4.79 Å². The van der Waals surface area contributed by atoms with Crippen LogP contribution in [-0.4, -0.2) is 17.0 Å². The summed E-state index contributed by atoms with van der Waals surface area (Å²) in [5, 5.41) is 12.6. The predicted molar refractivity (Wildman–Crippen MR) is 82.3 cm³/mol. The average Bonchev–Trinajstić information content (AvgIpc) is 2.93. The summed E-state index contributed by atoms with van der Waals surface area (Å²) in [4.78, 5) is 23.4. The number of hydrogen-bond donors (Lipinski definition) is 2. The number of furan rings is 1. The summed E-state index contributed by atoms with van der Waals surface area (Å²) in [6.07, 6.45) is 0. The summed E-state index contributed by atoms with van der Waals surface area (Å²) in [7, 11) is 0. The van der Waals surface area contributed by atoms with Crippen molar-refractivity contribution in [1.29, 1.82) is 0 Å². The standard InChI is InChI=1S/C17H13NO4/c1-10-12(17(20)21)6-4-7-13(10)18-16(19)15-9-11-5-2-3-8-14(11)22-15/h2-9H,1H3,(H,18,19)(H,20,21). The van der Waals surface area contributed by atoms with Crippen LogP contribution in [-0.2, 0) is 0 Å². The van der Waals surface area contributed by atoms with E-state index in [9.17, 15) is 9.59 Å². The maximum absolute atomic E-state index is 12.3. The number of carboxylic acid groups (broad SMARTS) is 1. The molecule has 2 N–H and O–H groups in total. The summed E-state index contributed by atoms with van der Waals surface area (Å²) in [5.74, 6) is -1.26. The van der Waals surface area contributed by atoms with Gasteiger partial charge in [-0.15, -0.1) is 0 Å². The number of anilines is 1. The van der Waals surface area contributed by atoms with E-state index < -0.39 is 11.9 Å². The van der Waals surface area contributed by atoms with Crippen molar-refractivity contribution in [3.05, 3.63) is 65.4 Å². The van der Waals surface area contributed by atoms with E-state index in [1.165, 1.54) is 6.07 Å². The van der Waals surface area contributed by atoms with Gasteiger partial charge in [0, 0.05) is 11.1 Å². The first-order valence-corrected chi connectivity index (χ1v) is 6.69. The molecule has 0 aliphatic heterocycles. The van der Waals surface area contributed by atoms with E-state index in [1.807, 2.05) is 18.2 Å². The molecule has 0 bridgehead atoms. The molecule has 0 saturated heterocycles. The van der Waals surface area contributed by atoms with Gasteiger partial charge >= 0.3 is 5.97 Å². The minimum atomic E-state index is -1.03. The van der Waals surface area contributed by atoms with Crippen molar-refractivity contribution in [2.75, 3.05) is 5.32 Å². The molecule has 1 aromatic heterocycles. The molecular formula is C17H13NO4. The molecule has 5 heteroatoms. The van der Waals surface area contributed by atoms with Crippen LogP contribution in [0.1, 0.15) is 26.5 Å². The number of nitrogens with one attached hydrogen (secondary N) is 1. The van der Waals surface area contributed by atoms with Crippen LogP contribution in [0.25, 0.3) is 11.0 Å². The zero-order chi connectivity index (χ0) is 15.7. The Bertz CT molecular complexity index is 846. The highest BCUT2D eigenvalue weighted by Gasteiger charge is 2.15. The fraction of sp³-hybridized carbons (Fsp3) is 0.0588. The Balaban J connectivity index is 1.91. The summed E-state index contributed by atoms with van der Waals surface area (Å²) < 4.78 is 5.49. The first kappa shape index (κ1) is 13.9. The van der Waals surface area contributed by atoms with Crippen molar-refractivity contribution < 1.29 is 19.1 Å². The van der Waals surface area contributed by atoms with Crippen molar-refractivity contribution in [2.45, 2.75) is 6.92 Å². The largest absolute Gasteiger partial charge is 0.478 e. The second-order valence-corrected chi connectivity index (χ2v) is 4.89. The minimum Gasteiger partial charge on any atom is -0.478 e. The number of fused-ring (bicyclic) bond motifs is 1. The zero-order valence-corrected chi connectivity index (χ0v) is 11.8. The highest BCUT2D eigenvalue weighted by atomic mass is 16.4. The molecule has 1 amide bonds. The van der Waals surface area contributed by atoms with E-state index in [2.05, 4.69) is 5.32 Å². The molecular weight excluding hydrogens is 282 g/mol. The van der Waals surface area contributed by atoms with Gasteiger partial charge in [-0.05, 0) is 36.8 Å². The molecule has 1 heterocycles. The lowest BCUT2D eigenvalue weighted by Crippen LogP contribution is -2.13. The van der Waals surface area contributed by atoms with E-state index in [1.54, 1.807) is 31.2 Å². The topological polar surface area (TPSA) is 79.5 Å². The quantitative estimate of drug-likeness (QED) is 0.772. The molecule has 0 saturated carbocycles. The molecule has 0 spiro atoms. The fourth-order valence-corrected chi connectivity index (χ4v) is 2.28. The maximum Gasteiger partial charge on any atom is 0.336 e. The molecule has 0 atom stereocenters. The molecule has 0 aliphatic carbocycles. The van der Waals surface area contributed by atoms with Gasteiger partial charge in [0.15, 0.2) is 5.76 Å². The SMILES string of the molecule is Cc1c(NC(=O)c2cc3ccccc3o2)cccc1C(=O)O. The Labute approximate surface area is 126 Å². The monoisotopic (exact) mass is 295 g/mol. The van der Waals surface area contributed by atoms with Crippen LogP contribution in [0, 0.1) is 6.92 Å². The summed E-state index contributed by atoms with van der Waals surface area (Å²) >= 11 is 0.